The molecule has 0 spiro atoms. The van der Waals surface area contributed by atoms with Crippen LogP contribution in [0.3, 0.4) is 0 Å². The van der Waals surface area contributed by atoms with E-state index in [-0.39, 0.29) is 11.5 Å². The van der Waals surface area contributed by atoms with Gasteiger partial charge in [0.2, 0.25) is 0 Å². The van der Waals surface area contributed by atoms with Gasteiger partial charge in [-0.15, -0.1) is 5.10 Å². The van der Waals surface area contributed by atoms with Crippen molar-refractivity contribution < 1.29 is 14.6 Å². The molecule has 0 atom stereocenters. The molecule has 130 valence electrons. The van der Waals surface area contributed by atoms with Crippen molar-refractivity contribution in [1.82, 2.24) is 20.6 Å². The molecule has 0 aliphatic rings. The van der Waals surface area contributed by atoms with Gasteiger partial charge >= 0.3 is 0 Å². The maximum absolute atomic E-state index is 11.5. The number of carbonyl (C=O) groups excluding carboxylic acids is 1. The van der Waals surface area contributed by atoms with Crippen LogP contribution in [0.1, 0.15) is 61.3 Å². The molecular formula is C17H24N4O3. The highest BCUT2D eigenvalue weighted by Crippen LogP contribution is 2.33. The van der Waals surface area contributed by atoms with Crippen molar-refractivity contribution in [3.05, 3.63) is 29.1 Å². The summed E-state index contributed by atoms with van der Waals surface area (Å²) in [4.78, 5) is 11.5. The van der Waals surface area contributed by atoms with Gasteiger partial charge in [-0.25, -0.2) is 5.10 Å². The molecular weight excluding hydrogens is 308 g/mol. The molecule has 0 amide bonds. The second-order valence-electron chi connectivity index (χ2n) is 5.75. The normalized spacial score (nSPS) is 10.8. The number of hydrogen-bond acceptors (Lipinski definition) is 6. The summed E-state index contributed by atoms with van der Waals surface area (Å²) < 4.78 is 5.82. The van der Waals surface area contributed by atoms with Crippen LogP contribution in [0.5, 0.6) is 11.5 Å². The van der Waals surface area contributed by atoms with Crippen LogP contribution in [0.15, 0.2) is 12.1 Å². The molecule has 0 saturated carbocycles. The number of nitrogens with one attached hydrogen (secondary N) is 1. The molecule has 24 heavy (non-hydrogen) atoms. The molecule has 1 aromatic heterocycles. The van der Waals surface area contributed by atoms with E-state index in [0.717, 1.165) is 43.5 Å². The quantitative estimate of drug-likeness (QED) is 0.512. The van der Waals surface area contributed by atoms with Crippen molar-refractivity contribution >= 4 is 5.78 Å². The fourth-order valence-electron chi connectivity index (χ4n) is 2.57. The summed E-state index contributed by atoms with van der Waals surface area (Å²) >= 11 is 0. The number of phenols is 1. The predicted octanol–water partition coefficient (Wildman–Crippen LogP) is 2.85. The summed E-state index contributed by atoms with van der Waals surface area (Å²) in [6.07, 6.45) is 5.26. The number of Topliss-reactive ketones (excluding diaryl/α,β-unsaturated/α-hetero) is 1. The van der Waals surface area contributed by atoms with E-state index in [1.807, 2.05) is 6.92 Å². The van der Waals surface area contributed by atoms with E-state index in [1.165, 1.54) is 6.92 Å². The van der Waals surface area contributed by atoms with Crippen LogP contribution in [-0.2, 0) is 12.8 Å². The topological polar surface area (TPSA) is 101 Å². The van der Waals surface area contributed by atoms with Crippen LogP contribution in [0.4, 0.5) is 0 Å². The number of carbonyl (C=O) groups is 1. The van der Waals surface area contributed by atoms with Crippen LogP contribution in [-0.4, -0.2) is 38.1 Å². The summed E-state index contributed by atoms with van der Waals surface area (Å²) in [7, 11) is 0. The third kappa shape index (κ3) is 4.78. The van der Waals surface area contributed by atoms with Crippen LogP contribution in [0.2, 0.25) is 0 Å². The highest BCUT2D eigenvalue weighted by atomic mass is 16.5. The van der Waals surface area contributed by atoms with Gasteiger partial charge in [-0.2, -0.15) is 0 Å². The number of aromatic nitrogens is 4. The first-order valence-corrected chi connectivity index (χ1v) is 8.34. The van der Waals surface area contributed by atoms with Crippen molar-refractivity contribution in [3.8, 4) is 11.5 Å². The minimum Gasteiger partial charge on any atom is -0.507 e. The van der Waals surface area contributed by atoms with Gasteiger partial charge in [-0.05, 0) is 55.2 Å². The molecule has 0 aliphatic carbocycles. The predicted molar refractivity (Wildman–Crippen MR) is 89.3 cm³/mol. The molecule has 2 rings (SSSR count). The Morgan fingerprint density at radius 3 is 2.75 bits per heavy atom. The first-order chi connectivity index (χ1) is 11.6. The van der Waals surface area contributed by atoms with Crippen molar-refractivity contribution in [3.63, 3.8) is 0 Å². The third-order valence-electron chi connectivity index (χ3n) is 3.82. The van der Waals surface area contributed by atoms with Gasteiger partial charge < -0.3 is 9.84 Å². The zero-order valence-electron chi connectivity index (χ0n) is 14.2. The lowest BCUT2D eigenvalue weighted by molar-refractivity contribution is 0.101. The summed E-state index contributed by atoms with van der Waals surface area (Å²) in [6.45, 7) is 4.06. The molecule has 1 aromatic carbocycles. The minimum atomic E-state index is -0.140. The second-order valence-corrected chi connectivity index (χ2v) is 5.75. The number of H-pyrrole nitrogens is 1. The zero-order valence-corrected chi connectivity index (χ0v) is 14.2. The molecule has 0 unspecified atom stereocenters. The fraction of sp³-hybridized carbons (Fsp3) is 0.529. The summed E-state index contributed by atoms with van der Waals surface area (Å²) in [5, 5.41) is 24.0. The van der Waals surface area contributed by atoms with E-state index in [0.29, 0.717) is 24.3 Å². The number of ether oxygens (including phenoxy) is 1. The van der Waals surface area contributed by atoms with E-state index in [4.69, 9.17) is 4.74 Å². The van der Waals surface area contributed by atoms with E-state index in [2.05, 4.69) is 20.6 Å². The zero-order chi connectivity index (χ0) is 17.4. The Balaban J connectivity index is 1.85. The van der Waals surface area contributed by atoms with E-state index >= 15 is 0 Å². The molecule has 1 heterocycles. The molecule has 0 saturated heterocycles. The Kier molecular flexibility index (Phi) is 6.72. The highest BCUT2D eigenvalue weighted by Gasteiger charge is 2.15. The van der Waals surface area contributed by atoms with Gasteiger partial charge in [0.15, 0.2) is 5.78 Å². The largest absolute Gasteiger partial charge is 0.507 e. The Hall–Kier alpha value is -2.44. The van der Waals surface area contributed by atoms with E-state index in [9.17, 15) is 9.90 Å². The van der Waals surface area contributed by atoms with Crippen LogP contribution in [0, 0.1) is 0 Å². The number of hydrogen-bond donors (Lipinski definition) is 2. The smallest absolute Gasteiger partial charge is 0.163 e. The monoisotopic (exact) mass is 332 g/mol. The fourth-order valence-corrected chi connectivity index (χ4v) is 2.57. The number of phenolic OH excluding ortho intramolecular Hbond substituents is 1. The summed E-state index contributed by atoms with van der Waals surface area (Å²) in [6, 6.07) is 3.41. The van der Waals surface area contributed by atoms with E-state index in [1.54, 1.807) is 12.1 Å². The van der Waals surface area contributed by atoms with Crippen LogP contribution < -0.4 is 4.74 Å². The lowest BCUT2D eigenvalue weighted by Crippen LogP contribution is -2.03. The Morgan fingerprint density at radius 1 is 1.25 bits per heavy atom. The van der Waals surface area contributed by atoms with Crippen LogP contribution in [0.25, 0.3) is 0 Å². The summed E-state index contributed by atoms with van der Waals surface area (Å²) in [5.74, 6) is 1.38. The molecule has 0 radical (unpaired) electrons. The highest BCUT2D eigenvalue weighted by molar-refractivity contribution is 5.97. The Labute approximate surface area is 141 Å². The lowest BCUT2D eigenvalue weighted by Gasteiger charge is -2.14. The maximum Gasteiger partial charge on any atom is 0.163 e. The SMILES string of the molecule is CCCc1c(OCCCCCc2nnn[nH]2)ccc(C(C)=O)c1O. The average Bonchev–Trinajstić information content (AvgIpc) is 3.06. The number of rotatable bonds is 10. The van der Waals surface area contributed by atoms with Crippen molar-refractivity contribution in [2.45, 2.75) is 52.4 Å². The standard InChI is InChI=1S/C17H24N4O3/c1-3-7-14-15(10-9-13(12(2)22)17(14)23)24-11-6-4-5-8-16-18-20-21-19-16/h9-10,23H,3-8,11H2,1-2H3,(H,18,19,20,21). The average molecular weight is 332 g/mol. The second kappa shape index (κ2) is 9.00. The molecule has 0 fully saturated rings. The van der Waals surface area contributed by atoms with Crippen molar-refractivity contribution in [2.24, 2.45) is 0 Å². The minimum absolute atomic E-state index is 0.0552. The van der Waals surface area contributed by atoms with Gasteiger partial charge in [-0.3, -0.25) is 4.79 Å². The number of nitrogens with zero attached hydrogens (tertiary/aromatic N) is 3. The molecule has 0 bridgehead atoms. The van der Waals surface area contributed by atoms with Crippen molar-refractivity contribution in [1.29, 1.82) is 0 Å². The number of aromatic hydroxyl groups is 1. The molecule has 2 N–H and O–H groups in total. The van der Waals surface area contributed by atoms with Crippen molar-refractivity contribution in [2.75, 3.05) is 6.61 Å². The number of unbranched alkanes of at least 4 members (excludes halogenated alkanes) is 2. The first kappa shape index (κ1) is 17.9. The van der Waals surface area contributed by atoms with Crippen LogP contribution >= 0.6 is 0 Å². The van der Waals surface area contributed by atoms with Gasteiger partial charge in [0.25, 0.3) is 0 Å². The number of benzene rings is 1. The summed E-state index contributed by atoms with van der Waals surface area (Å²) in [5.41, 5.74) is 1.07. The Morgan fingerprint density at radius 2 is 2.08 bits per heavy atom. The molecule has 7 nitrogen and oxygen atoms in total. The number of aromatic amines is 1. The van der Waals surface area contributed by atoms with E-state index < -0.39 is 0 Å². The number of aryl methyl sites for hydroxylation is 1. The third-order valence-corrected chi connectivity index (χ3v) is 3.82. The molecule has 0 aliphatic heterocycles. The van der Waals surface area contributed by atoms with Gasteiger partial charge in [-0.1, -0.05) is 13.3 Å². The molecule has 2 aromatic rings. The van der Waals surface area contributed by atoms with Gasteiger partial charge in [0, 0.05) is 12.0 Å². The Bertz CT molecular complexity index is 656. The molecule has 7 heteroatoms. The van der Waals surface area contributed by atoms with Gasteiger partial charge in [0.05, 0.1) is 12.2 Å². The van der Waals surface area contributed by atoms with Gasteiger partial charge in [0.1, 0.15) is 17.3 Å². The number of tetrazole rings is 1. The maximum atomic E-state index is 11.5. The first-order valence-electron chi connectivity index (χ1n) is 8.34. The lowest BCUT2D eigenvalue weighted by atomic mass is 10.0. The number of ketones is 1.